The zero-order valence-corrected chi connectivity index (χ0v) is 10.7. The molecule has 0 aromatic rings. The molecular weight excluding hydrogens is 212 g/mol. The lowest BCUT2D eigenvalue weighted by Gasteiger charge is -2.37. The van der Waals surface area contributed by atoms with Gasteiger partial charge in [0.15, 0.2) is 0 Å². The Morgan fingerprint density at radius 2 is 1.71 bits per heavy atom. The van der Waals surface area contributed by atoms with E-state index in [0.717, 1.165) is 18.5 Å². The quantitative estimate of drug-likeness (QED) is 0.759. The van der Waals surface area contributed by atoms with E-state index in [-0.39, 0.29) is 0 Å². The van der Waals surface area contributed by atoms with E-state index in [9.17, 15) is 0 Å². The average molecular weight is 236 g/mol. The molecule has 0 aromatic heterocycles. The summed E-state index contributed by atoms with van der Waals surface area (Å²) in [6, 6.07) is 2.01. The van der Waals surface area contributed by atoms with Crippen LogP contribution < -0.4 is 5.32 Å². The molecule has 1 heterocycles. The average Bonchev–Trinajstić information content (AvgIpc) is 2.40. The molecule has 2 saturated carbocycles. The van der Waals surface area contributed by atoms with E-state index >= 15 is 0 Å². The number of nitrogens with one attached hydrogen (secondary N) is 1. The van der Waals surface area contributed by atoms with Crippen molar-refractivity contribution in [3.05, 3.63) is 0 Å². The second kappa shape index (κ2) is 5.28. The molecule has 2 atom stereocenters. The van der Waals surface area contributed by atoms with Gasteiger partial charge in [-0.1, -0.05) is 32.1 Å². The first-order valence-corrected chi connectivity index (χ1v) is 7.39. The fourth-order valence-electron chi connectivity index (χ4n) is 3.43. The van der Waals surface area contributed by atoms with E-state index in [1.807, 2.05) is 0 Å². The van der Waals surface area contributed by atoms with Crippen LogP contribution in [0.2, 0.25) is 0 Å². The maximum atomic E-state index is 5.79. The second-order valence-corrected chi connectivity index (χ2v) is 5.83. The molecule has 0 aromatic carbocycles. The molecule has 0 spiro atoms. The number of rotatable bonds is 1. The van der Waals surface area contributed by atoms with Crippen molar-refractivity contribution in [1.82, 2.24) is 5.32 Å². The van der Waals surface area contributed by atoms with Gasteiger partial charge in [-0.05, 0) is 25.7 Å². The topological polar surface area (TPSA) is 33.6 Å². The smallest absolute Gasteiger partial charge is 0.285 e. The third-order valence-corrected chi connectivity index (χ3v) is 4.53. The summed E-state index contributed by atoms with van der Waals surface area (Å²) in [6.45, 7) is 0.892. The predicted octanol–water partition coefficient (Wildman–Crippen LogP) is 2.85. The molecule has 3 rings (SSSR count). The summed E-state index contributed by atoms with van der Waals surface area (Å²) in [6.07, 6.45) is 11.9. The summed E-state index contributed by atoms with van der Waals surface area (Å²) in [5, 5.41) is 3.53. The van der Waals surface area contributed by atoms with Crippen LogP contribution in [0, 0.1) is 5.92 Å². The highest BCUT2D eigenvalue weighted by Crippen LogP contribution is 2.27. The standard InChI is InChI=1S/C14H24N2O/c1-2-7-12(8-3-1)15-14-16-13-9-5-4-6-11(13)10-17-14/h11-13H,1-10H2,(H,15,16). The largest absolute Gasteiger partial charge is 0.465 e. The van der Waals surface area contributed by atoms with Gasteiger partial charge in [-0.2, -0.15) is 0 Å². The fourth-order valence-corrected chi connectivity index (χ4v) is 3.43. The summed E-state index contributed by atoms with van der Waals surface area (Å²) in [5.74, 6) is 0.731. The Bertz CT molecular complexity index is 284. The SMILES string of the molecule is C1CCC(/N=C2/NC3CCCCC3CO2)CC1. The van der Waals surface area contributed by atoms with Gasteiger partial charge < -0.3 is 10.1 Å². The first-order valence-electron chi connectivity index (χ1n) is 7.39. The van der Waals surface area contributed by atoms with Crippen LogP contribution in [0.25, 0.3) is 0 Å². The predicted molar refractivity (Wildman–Crippen MR) is 69.1 cm³/mol. The van der Waals surface area contributed by atoms with Gasteiger partial charge in [-0.25, -0.2) is 4.99 Å². The lowest BCUT2D eigenvalue weighted by atomic mass is 9.84. The van der Waals surface area contributed by atoms with Crippen LogP contribution in [0.4, 0.5) is 0 Å². The van der Waals surface area contributed by atoms with Gasteiger partial charge in [-0.3, -0.25) is 0 Å². The van der Waals surface area contributed by atoms with Crippen molar-refractivity contribution in [1.29, 1.82) is 0 Å². The molecule has 17 heavy (non-hydrogen) atoms. The molecular formula is C14H24N2O. The Hall–Kier alpha value is -0.730. The van der Waals surface area contributed by atoms with Crippen LogP contribution in [-0.2, 0) is 4.74 Å². The van der Waals surface area contributed by atoms with Gasteiger partial charge in [0.05, 0.1) is 12.6 Å². The normalized spacial score (nSPS) is 37.1. The van der Waals surface area contributed by atoms with Crippen LogP contribution in [0.15, 0.2) is 4.99 Å². The van der Waals surface area contributed by atoms with E-state index in [4.69, 9.17) is 9.73 Å². The zero-order chi connectivity index (χ0) is 11.5. The van der Waals surface area contributed by atoms with Gasteiger partial charge >= 0.3 is 0 Å². The second-order valence-electron chi connectivity index (χ2n) is 5.83. The van der Waals surface area contributed by atoms with E-state index < -0.39 is 0 Å². The summed E-state index contributed by atoms with van der Waals surface area (Å²) < 4.78 is 5.79. The lowest BCUT2D eigenvalue weighted by molar-refractivity contribution is 0.122. The first-order chi connectivity index (χ1) is 8.42. The van der Waals surface area contributed by atoms with Crippen molar-refractivity contribution >= 4 is 6.02 Å². The fraction of sp³-hybridized carbons (Fsp3) is 0.929. The number of hydrogen-bond donors (Lipinski definition) is 1. The van der Waals surface area contributed by atoms with Crippen molar-refractivity contribution in [3.8, 4) is 0 Å². The molecule has 3 fully saturated rings. The molecule has 0 bridgehead atoms. The Labute approximate surface area is 104 Å². The van der Waals surface area contributed by atoms with Crippen molar-refractivity contribution in [2.75, 3.05) is 6.61 Å². The molecule has 2 unspecified atom stereocenters. The van der Waals surface area contributed by atoms with E-state index in [1.165, 1.54) is 57.8 Å². The van der Waals surface area contributed by atoms with E-state index in [1.54, 1.807) is 0 Å². The van der Waals surface area contributed by atoms with Crippen LogP contribution in [0.5, 0.6) is 0 Å². The maximum Gasteiger partial charge on any atom is 0.285 e. The summed E-state index contributed by atoms with van der Waals surface area (Å²) in [7, 11) is 0. The number of amidine groups is 1. The lowest BCUT2D eigenvalue weighted by Crippen LogP contribution is -2.50. The minimum atomic E-state index is 0.520. The highest BCUT2D eigenvalue weighted by molar-refractivity contribution is 5.75. The number of aliphatic imine (C=N–C) groups is 1. The van der Waals surface area contributed by atoms with Gasteiger partial charge in [-0.15, -0.1) is 0 Å². The molecule has 1 saturated heterocycles. The number of fused-ring (bicyclic) bond motifs is 1. The van der Waals surface area contributed by atoms with Crippen molar-refractivity contribution < 1.29 is 4.74 Å². The minimum absolute atomic E-state index is 0.520. The Morgan fingerprint density at radius 1 is 0.941 bits per heavy atom. The van der Waals surface area contributed by atoms with Gasteiger partial charge in [0, 0.05) is 12.0 Å². The molecule has 3 heteroatoms. The third kappa shape index (κ3) is 2.75. The number of hydrogen-bond acceptors (Lipinski definition) is 2. The highest BCUT2D eigenvalue weighted by atomic mass is 16.5. The Kier molecular flexibility index (Phi) is 3.53. The monoisotopic (exact) mass is 236 g/mol. The van der Waals surface area contributed by atoms with Crippen LogP contribution in [-0.4, -0.2) is 24.7 Å². The van der Waals surface area contributed by atoms with Crippen molar-refractivity contribution in [2.24, 2.45) is 10.9 Å². The molecule has 3 aliphatic rings. The Morgan fingerprint density at radius 3 is 2.59 bits per heavy atom. The first kappa shape index (κ1) is 11.4. The van der Waals surface area contributed by atoms with Crippen molar-refractivity contribution in [2.45, 2.75) is 69.9 Å². The molecule has 0 amide bonds. The zero-order valence-electron chi connectivity index (χ0n) is 10.7. The third-order valence-electron chi connectivity index (χ3n) is 4.53. The van der Waals surface area contributed by atoms with Crippen LogP contribution in [0.3, 0.4) is 0 Å². The summed E-state index contributed by atoms with van der Waals surface area (Å²) in [5.41, 5.74) is 0. The Balaban J connectivity index is 1.58. The van der Waals surface area contributed by atoms with Gasteiger partial charge in [0.2, 0.25) is 0 Å². The van der Waals surface area contributed by atoms with E-state index in [0.29, 0.717) is 12.1 Å². The molecule has 96 valence electrons. The highest BCUT2D eigenvalue weighted by Gasteiger charge is 2.31. The molecule has 3 nitrogen and oxygen atoms in total. The van der Waals surface area contributed by atoms with Crippen LogP contribution in [0.1, 0.15) is 57.8 Å². The van der Waals surface area contributed by atoms with E-state index in [2.05, 4.69) is 5.32 Å². The van der Waals surface area contributed by atoms with Gasteiger partial charge in [0.25, 0.3) is 6.02 Å². The maximum absolute atomic E-state index is 5.79. The molecule has 0 radical (unpaired) electrons. The summed E-state index contributed by atoms with van der Waals surface area (Å²) in [4.78, 5) is 4.77. The van der Waals surface area contributed by atoms with Gasteiger partial charge in [0.1, 0.15) is 0 Å². The van der Waals surface area contributed by atoms with Crippen molar-refractivity contribution in [3.63, 3.8) is 0 Å². The molecule has 1 N–H and O–H groups in total. The van der Waals surface area contributed by atoms with Crippen LogP contribution >= 0.6 is 0 Å². The minimum Gasteiger partial charge on any atom is -0.465 e. The molecule has 1 aliphatic heterocycles. The summed E-state index contributed by atoms with van der Waals surface area (Å²) >= 11 is 0. The number of ether oxygens (including phenoxy) is 1. The molecule has 2 aliphatic carbocycles. The number of nitrogens with zero attached hydrogens (tertiary/aromatic N) is 1.